The molecule has 0 saturated carbocycles. The largest absolute Gasteiger partial charge is 0.278 e. The smallest absolute Gasteiger partial charge is 0.235 e. The van der Waals surface area contributed by atoms with Crippen molar-refractivity contribution in [1.29, 1.82) is 0 Å². The molecule has 10 aromatic rings. The quantitative estimate of drug-likeness (QED) is 0.194. The van der Waals surface area contributed by atoms with Crippen LogP contribution in [0.15, 0.2) is 164 Å². The minimum Gasteiger partial charge on any atom is -0.278 e. The summed E-state index contributed by atoms with van der Waals surface area (Å²) in [5.41, 5.74) is 8.47. The Balaban J connectivity index is 1.26. The Hall–Kier alpha value is -6.10. The first kappa shape index (κ1) is 27.1. The summed E-state index contributed by atoms with van der Waals surface area (Å²) < 4.78 is 4.88. The number of thiophene rings is 1. The van der Waals surface area contributed by atoms with Gasteiger partial charge in [0.15, 0.2) is 0 Å². The molecule has 0 fully saturated rings. The molecule has 7 aromatic carbocycles. The average Bonchev–Trinajstić information content (AvgIpc) is 3.70. The second-order valence-electron chi connectivity index (χ2n) is 12.2. The maximum Gasteiger partial charge on any atom is 0.235 e. The monoisotopic (exact) mass is 629 g/mol. The van der Waals surface area contributed by atoms with Crippen LogP contribution in [0.4, 0.5) is 0 Å². The van der Waals surface area contributed by atoms with Gasteiger partial charge in [0.25, 0.3) is 0 Å². The third-order valence-electron chi connectivity index (χ3n) is 9.42. The summed E-state index contributed by atoms with van der Waals surface area (Å²) in [6, 6.07) is 58.4. The second kappa shape index (κ2) is 10.7. The van der Waals surface area contributed by atoms with Crippen molar-refractivity contribution in [3.05, 3.63) is 164 Å². The minimum absolute atomic E-state index is 0.657. The van der Waals surface area contributed by atoms with Gasteiger partial charge in [0.05, 0.1) is 22.4 Å². The highest BCUT2D eigenvalue weighted by Crippen LogP contribution is 2.41. The van der Waals surface area contributed by atoms with Crippen LogP contribution in [0, 0.1) is 0 Å². The van der Waals surface area contributed by atoms with Crippen LogP contribution in [0.5, 0.6) is 0 Å². The summed E-state index contributed by atoms with van der Waals surface area (Å²) in [4.78, 5) is 10.5. The molecule has 3 nitrogen and oxygen atoms in total. The van der Waals surface area contributed by atoms with E-state index < -0.39 is 0 Å². The fourth-order valence-electron chi connectivity index (χ4n) is 7.14. The maximum absolute atomic E-state index is 5.24. The lowest BCUT2D eigenvalue weighted by Gasteiger charge is -2.12. The molecule has 0 radical (unpaired) electrons. The summed E-state index contributed by atoms with van der Waals surface area (Å²) in [6.07, 6.45) is 0. The lowest BCUT2D eigenvalue weighted by atomic mass is 9.99. The van der Waals surface area contributed by atoms with Crippen LogP contribution < -0.4 is 0 Å². The number of rotatable bonds is 4. The van der Waals surface area contributed by atoms with Gasteiger partial charge in [-0.25, -0.2) is 9.97 Å². The molecule has 4 heteroatoms. The molecule has 10 rings (SSSR count). The summed E-state index contributed by atoms with van der Waals surface area (Å²) in [5, 5.41) is 7.45. The van der Waals surface area contributed by atoms with Crippen molar-refractivity contribution >= 4 is 64.1 Å². The van der Waals surface area contributed by atoms with Crippen LogP contribution in [0.3, 0.4) is 0 Å². The molecule has 0 bridgehead atoms. The number of aromatic nitrogens is 3. The van der Waals surface area contributed by atoms with Gasteiger partial charge in [-0.05, 0) is 64.4 Å². The van der Waals surface area contributed by atoms with E-state index in [4.69, 9.17) is 9.97 Å². The molecule has 48 heavy (non-hydrogen) atoms. The first-order valence-corrected chi connectivity index (χ1v) is 17.0. The van der Waals surface area contributed by atoms with Gasteiger partial charge in [-0.3, -0.25) is 4.57 Å². The van der Waals surface area contributed by atoms with E-state index in [-0.39, 0.29) is 0 Å². The molecule has 0 aliphatic heterocycles. The highest BCUT2D eigenvalue weighted by molar-refractivity contribution is 7.25. The van der Waals surface area contributed by atoms with Gasteiger partial charge in [-0.15, -0.1) is 11.3 Å². The lowest BCUT2D eigenvalue weighted by Crippen LogP contribution is -2.04. The second-order valence-corrected chi connectivity index (χ2v) is 13.3. The van der Waals surface area contributed by atoms with Crippen LogP contribution in [0.25, 0.3) is 92.3 Å². The third-order valence-corrected chi connectivity index (χ3v) is 10.6. The molecule has 0 amide bonds. The van der Waals surface area contributed by atoms with E-state index in [1.54, 1.807) is 0 Å². The van der Waals surface area contributed by atoms with Crippen LogP contribution in [0.1, 0.15) is 0 Å². The number of hydrogen-bond donors (Lipinski definition) is 0. The van der Waals surface area contributed by atoms with Gasteiger partial charge in [0.2, 0.25) is 5.95 Å². The zero-order chi connectivity index (χ0) is 31.6. The Kier molecular flexibility index (Phi) is 6.05. The van der Waals surface area contributed by atoms with Gasteiger partial charge in [-0.1, -0.05) is 121 Å². The molecule has 3 aromatic heterocycles. The topological polar surface area (TPSA) is 30.7 Å². The molecule has 0 atom stereocenters. The van der Waals surface area contributed by atoms with Gasteiger partial charge in [0.1, 0.15) is 0 Å². The zero-order valence-electron chi connectivity index (χ0n) is 25.8. The highest BCUT2D eigenvalue weighted by atomic mass is 32.1. The fourth-order valence-corrected chi connectivity index (χ4v) is 8.23. The number of hydrogen-bond acceptors (Lipinski definition) is 3. The molecular weight excluding hydrogens is 603 g/mol. The Morgan fingerprint density at radius 2 is 0.979 bits per heavy atom. The average molecular weight is 630 g/mol. The van der Waals surface area contributed by atoms with E-state index in [0.29, 0.717) is 5.95 Å². The molecule has 0 saturated heterocycles. The summed E-state index contributed by atoms with van der Waals surface area (Å²) in [7, 11) is 0. The zero-order valence-corrected chi connectivity index (χ0v) is 26.7. The van der Waals surface area contributed by atoms with E-state index in [2.05, 4.69) is 156 Å². The Labute approximate surface area is 281 Å². The number of benzene rings is 7. The van der Waals surface area contributed by atoms with Crippen molar-refractivity contribution in [2.45, 2.75) is 0 Å². The predicted molar refractivity (Wildman–Crippen MR) is 203 cm³/mol. The summed E-state index contributed by atoms with van der Waals surface area (Å²) in [6.45, 7) is 0. The number of fused-ring (bicyclic) bond motifs is 8. The molecule has 0 unspecified atom stereocenters. The first-order chi connectivity index (χ1) is 23.8. The Morgan fingerprint density at radius 1 is 0.396 bits per heavy atom. The van der Waals surface area contributed by atoms with Crippen molar-refractivity contribution in [1.82, 2.24) is 14.5 Å². The molecule has 224 valence electrons. The van der Waals surface area contributed by atoms with Crippen molar-refractivity contribution in [2.24, 2.45) is 0 Å². The van der Waals surface area contributed by atoms with Gasteiger partial charge < -0.3 is 0 Å². The van der Waals surface area contributed by atoms with E-state index in [1.165, 1.54) is 52.8 Å². The van der Waals surface area contributed by atoms with Crippen molar-refractivity contribution in [3.8, 4) is 39.6 Å². The van der Waals surface area contributed by atoms with Crippen LogP contribution in [-0.2, 0) is 0 Å². The van der Waals surface area contributed by atoms with Gasteiger partial charge in [0, 0.05) is 42.1 Å². The summed E-state index contributed by atoms with van der Waals surface area (Å²) >= 11 is 1.85. The van der Waals surface area contributed by atoms with Crippen molar-refractivity contribution in [2.75, 3.05) is 0 Å². The third kappa shape index (κ3) is 4.27. The summed E-state index contributed by atoms with van der Waals surface area (Å²) in [5.74, 6) is 0.657. The highest BCUT2D eigenvalue weighted by Gasteiger charge is 2.19. The van der Waals surface area contributed by atoms with E-state index >= 15 is 0 Å². The predicted octanol–water partition coefficient (Wildman–Crippen LogP) is 12.1. The molecule has 0 aliphatic rings. The van der Waals surface area contributed by atoms with Crippen LogP contribution in [-0.4, -0.2) is 14.5 Å². The van der Waals surface area contributed by atoms with E-state index in [9.17, 15) is 0 Å². The standard InChI is InChI=1S/C44H27N3S/c1-3-12-29(13-4-1)37-27-38(30-14-5-2-6-15-30)46-44(45-37)47-39-22-20-31(26-36(39)43-33-16-8-7-11-28(33)19-23-40(43)47)32-21-24-42-35(25-32)34-17-9-10-18-41(34)48-42/h1-27H. The Bertz CT molecular complexity index is 2770. The van der Waals surface area contributed by atoms with Gasteiger partial charge in [-0.2, -0.15) is 0 Å². The lowest BCUT2D eigenvalue weighted by molar-refractivity contribution is 0.996. The normalized spacial score (nSPS) is 11.8. The SMILES string of the molecule is c1ccc(-c2cc(-c3ccccc3)nc(-n3c4ccc(-c5ccc6sc7ccccc7c6c5)cc4c4c5ccccc5ccc43)n2)cc1. The minimum atomic E-state index is 0.657. The number of nitrogens with zero attached hydrogens (tertiary/aromatic N) is 3. The first-order valence-electron chi connectivity index (χ1n) is 16.2. The molecule has 0 aliphatic carbocycles. The van der Waals surface area contributed by atoms with Crippen molar-refractivity contribution in [3.63, 3.8) is 0 Å². The molecule has 0 spiro atoms. The maximum atomic E-state index is 5.24. The van der Waals surface area contributed by atoms with E-state index in [1.807, 2.05) is 23.5 Å². The molecule has 0 N–H and O–H groups in total. The van der Waals surface area contributed by atoms with E-state index in [0.717, 1.165) is 33.5 Å². The van der Waals surface area contributed by atoms with Crippen molar-refractivity contribution < 1.29 is 0 Å². The molecule has 3 heterocycles. The van der Waals surface area contributed by atoms with Gasteiger partial charge >= 0.3 is 0 Å². The fraction of sp³-hybridized carbons (Fsp3) is 0. The molecular formula is C44H27N3S. The van der Waals surface area contributed by atoms with Crippen LogP contribution >= 0.6 is 11.3 Å². The Morgan fingerprint density at radius 3 is 1.73 bits per heavy atom. The van der Waals surface area contributed by atoms with Crippen LogP contribution in [0.2, 0.25) is 0 Å².